The van der Waals surface area contributed by atoms with Crippen molar-refractivity contribution in [1.82, 2.24) is 4.90 Å². The Morgan fingerprint density at radius 3 is 2.50 bits per heavy atom. The molecule has 1 fully saturated rings. The maximum atomic E-state index is 11.5. The molecule has 0 aliphatic carbocycles. The Kier molecular flexibility index (Phi) is 5.60. The van der Waals surface area contributed by atoms with E-state index in [1.807, 2.05) is 4.90 Å². The molecule has 0 bridgehead atoms. The second-order valence-corrected chi connectivity index (χ2v) is 4.42. The van der Waals surface area contributed by atoms with Crippen LogP contribution in [0.15, 0.2) is 0 Å². The van der Waals surface area contributed by atoms with Crippen LogP contribution in [0.5, 0.6) is 0 Å². The van der Waals surface area contributed by atoms with Crippen molar-refractivity contribution in [2.24, 2.45) is 5.92 Å². The van der Waals surface area contributed by atoms with E-state index in [1.54, 1.807) is 0 Å². The highest BCUT2D eigenvalue weighted by Gasteiger charge is 2.24. The molecule has 0 unspecified atom stereocenters. The number of nitrogens with zero attached hydrogens (tertiary/aromatic N) is 1. The van der Waals surface area contributed by atoms with Gasteiger partial charge in [-0.2, -0.15) is 0 Å². The van der Waals surface area contributed by atoms with Crippen LogP contribution < -0.4 is 0 Å². The van der Waals surface area contributed by atoms with Crippen molar-refractivity contribution in [3.05, 3.63) is 0 Å². The zero-order valence-corrected chi connectivity index (χ0v) is 10.3. The first-order valence-electron chi connectivity index (χ1n) is 5.58. The number of rotatable bonds is 4. The van der Waals surface area contributed by atoms with Crippen molar-refractivity contribution in [1.29, 1.82) is 0 Å². The summed E-state index contributed by atoms with van der Waals surface area (Å²) in [6, 6.07) is 0. The number of alkyl halides is 1. The number of carbonyl (C=O) groups is 2. The molecule has 4 nitrogen and oxygen atoms in total. The number of carbonyl (C=O) groups excluding carboxylic acids is 2. The van der Waals surface area contributed by atoms with E-state index in [0.717, 1.165) is 25.9 Å². The van der Waals surface area contributed by atoms with Gasteiger partial charge in [-0.1, -0.05) is 0 Å². The molecule has 1 saturated heterocycles. The fourth-order valence-electron chi connectivity index (χ4n) is 1.94. The monoisotopic (exact) mass is 247 g/mol. The van der Waals surface area contributed by atoms with Crippen LogP contribution in [0.25, 0.3) is 0 Å². The summed E-state index contributed by atoms with van der Waals surface area (Å²) in [4.78, 5) is 24.4. The molecule has 0 aromatic heterocycles. The summed E-state index contributed by atoms with van der Waals surface area (Å²) in [7, 11) is 1.40. The number of esters is 1. The van der Waals surface area contributed by atoms with E-state index < -0.39 is 0 Å². The lowest BCUT2D eigenvalue weighted by Gasteiger charge is -2.31. The smallest absolute Gasteiger partial charge is 0.305 e. The second-order valence-electron chi connectivity index (χ2n) is 4.04. The van der Waals surface area contributed by atoms with Crippen LogP contribution in [0.2, 0.25) is 0 Å². The van der Waals surface area contributed by atoms with Crippen LogP contribution in [0, 0.1) is 5.92 Å². The average Bonchev–Trinajstić information content (AvgIpc) is 2.30. The van der Waals surface area contributed by atoms with Crippen molar-refractivity contribution in [3.63, 3.8) is 0 Å². The number of ether oxygens (including phenoxy) is 1. The van der Waals surface area contributed by atoms with Crippen molar-refractivity contribution >= 4 is 23.5 Å². The SMILES string of the molecule is COC(=O)CC1CCN(C(=O)CCCl)CC1. The van der Waals surface area contributed by atoms with E-state index in [-0.39, 0.29) is 11.9 Å². The normalized spacial score (nSPS) is 17.2. The van der Waals surface area contributed by atoms with Gasteiger partial charge in [0.25, 0.3) is 0 Å². The molecule has 5 heteroatoms. The minimum atomic E-state index is -0.162. The molecule has 0 N–H and O–H groups in total. The molecule has 1 aliphatic heterocycles. The summed E-state index contributed by atoms with van der Waals surface area (Å²) in [6.45, 7) is 1.47. The van der Waals surface area contributed by atoms with E-state index in [0.29, 0.717) is 24.6 Å². The van der Waals surface area contributed by atoms with E-state index in [1.165, 1.54) is 7.11 Å². The Balaban J connectivity index is 2.28. The zero-order valence-electron chi connectivity index (χ0n) is 9.58. The predicted molar refractivity (Wildman–Crippen MR) is 61.3 cm³/mol. The zero-order chi connectivity index (χ0) is 12.0. The molecular weight excluding hydrogens is 230 g/mol. The van der Waals surface area contributed by atoms with E-state index in [4.69, 9.17) is 11.6 Å². The van der Waals surface area contributed by atoms with Gasteiger partial charge in [0.05, 0.1) is 7.11 Å². The highest BCUT2D eigenvalue weighted by atomic mass is 35.5. The summed E-state index contributed by atoms with van der Waals surface area (Å²) in [5.74, 6) is 0.686. The van der Waals surface area contributed by atoms with Gasteiger partial charge >= 0.3 is 5.97 Å². The van der Waals surface area contributed by atoms with Gasteiger partial charge in [0.15, 0.2) is 0 Å². The lowest BCUT2D eigenvalue weighted by atomic mass is 9.93. The standard InChI is InChI=1S/C11H18ClNO3/c1-16-11(15)8-9-3-6-13(7-4-9)10(14)2-5-12/h9H,2-8H2,1H3. The quantitative estimate of drug-likeness (QED) is 0.558. The fraction of sp³-hybridized carbons (Fsp3) is 0.818. The first-order chi connectivity index (χ1) is 7.67. The molecule has 0 aromatic carbocycles. The molecule has 0 aromatic rings. The van der Waals surface area contributed by atoms with Crippen LogP contribution in [0.3, 0.4) is 0 Å². The summed E-state index contributed by atoms with van der Waals surface area (Å²) >= 11 is 5.52. The van der Waals surface area contributed by atoms with Crippen LogP contribution in [0.4, 0.5) is 0 Å². The number of piperidine rings is 1. The molecule has 1 aliphatic rings. The predicted octanol–water partition coefficient (Wildman–Crippen LogP) is 1.42. The molecule has 1 rings (SSSR count). The first-order valence-corrected chi connectivity index (χ1v) is 6.11. The molecular formula is C11H18ClNO3. The lowest BCUT2D eigenvalue weighted by molar-refractivity contribution is -0.142. The average molecular weight is 248 g/mol. The van der Waals surface area contributed by atoms with Crippen LogP contribution in [-0.4, -0.2) is 42.9 Å². The molecule has 0 saturated carbocycles. The molecule has 0 radical (unpaired) electrons. The van der Waals surface area contributed by atoms with Gasteiger partial charge in [-0.3, -0.25) is 9.59 Å². The Morgan fingerprint density at radius 2 is 2.00 bits per heavy atom. The van der Waals surface area contributed by atoms with E-state index in [2.05, 4.69) is 4.74 Å². The van der Waals surface area contributed by atoms with E-state index in [9.17, 15) is 9.59 Å². The number of amides is 1. The molecule has 0 spiro atoms. The van der Waals surface area contributed by atoms with Gasteiger partial charge in [0.2, 0.25) is 5.91 Å². The summed E-state index contributed by atoms with van der Waals surface area (Å²) in [6.07, 6.45) is 2.63. The number of hydrogen-bond acceptors (Lipinski definition) is 3. The molecule has 16 heavy (non-hydrogen) atoms. The van der Waals surface area contributed by atoms with Gasteiger partial charge < -0.3 is 9.64 Å². The minimum absolute atomic E-state index is 0.117. The van der Waals surface area contributed by atoms with Crippen molar-refractivity contribution in [2.45, 2.75) is 25.7 Å². The van der Waals surface area contributed by atoms with Gasteiger partial charge in [-0.25, -0.2) is 0 Å². The third kappa shape index (κ3) is 4.00. The number of hydrogen-bond donors (Lipinski definition) is 0. The maximum absolute atomic E-state index is 11.5. The van der Waals surface area contributed by atoms with Crippen LogP contribution in [-0.2, 0) is 14.3 Å². The topological polar surface area (TPSA) is 46.6 Å². The summed E-state index contributed by atoms with van der Waals surface area (Å²) in [5, 5.41) is 0. The number of halogens is 1. The molecule has 0 atom stereocenters. The number of methoxy groups -OCH3 is 1. The largest absolute Gasteiger partial charge is 0.469 e. The minimum Gasteiger partial charge on any atom is -0.469 e. The maximum Gasteiger partial charge on any atom is 0.305 e. The highest BCUT2D eigenvalue weighted by Crippen LogP contribution is 2.21. The van der Waals surface area contributed by atoms with Crippen LogP contribution in [0.1, 0.15) is 25.7 Å². The summed E-state index contributed by atoms with van der Waals surface area (Å²) in [5.41, 5.74) is 0. The van der Waals surface area contributed by atoms with Crippen molar-refractivity contribution in [3.8, 4) is 0 Å². The van der Waals surface area contributed by atoms with Crippen LogP contribution >= 0.6 is 11.6 Å². The Hall–Kier alpha value is -0.770. The van der Waals surface area contributed by atoms with Crippen molar-refractivity contribution in [2.75, 3.05) is 26.1 Å². The highest BCUT2D eigenvalue weighted by molar-refractivity contribution is 6.18. The Morgan fingerprint density at radius 1 is 1.38 bits per heavy atom. The molecule has 92 valence electrons. The second kappa shape index (κ2) is 6.74. The first kappa shape index (κ1) is 13.3. The Bertz CT molecular complexity index is 250. The van der Waals surface area contributed by atoms with Gasteiger partial charge in [0.1, 0.15) is 0 Å². The number of likely N-dealkylation sites (tertiary alicyclic amines) is 1. The third-order valence-electron chi connectivity index (χ3n) is 2.96. The molecule has 1 heterocycles. The fourth-order valence-corrected chi connectivity index (χ4v) is 2.11. The van der Waals surface area contributed by atoms with Gasteiger partial charge in [0, 0.05) is 31.8 Å². The molecule has 1 amide bonds. The lowest BCUT2D eigenvalue weighted by Crippen LogP contribution is -2.39. The summed E-state index contributed by atoms with van der Waals surface area (Å²) < 4.78 is 4.63. The third-order valence-corrected chi connectivity index (χ3v) is 3.15. The Labute approximate surface area is 101 Å². The van der Waals surface area contributed by atoms with Gasteiger partial charge in [-0.15, -0.1) is 11.6 Å². The van der Waals surface area contributed by atoms with E-state index >= 15 is 0 Å². The van der Waals surface area contributed by atoms with Crippen molar-refractivity contribution < 1.29 is 14.3 Å². The van der Waals surface area contributed by atoms with Gasteiger partial charge in [-0.05, 0) is 18.8 Å².